The van der Waals surface area contributed by atoms with Gasteiger partial charge < -0.3 is 10.5 Å². The topological polar surface area (TPSA) is 87.2 Å². The van der Waals surface area contributed by atoms with E-state index in [2.05, 4.69) is 5.10 Å². The van der Waals surface area contributed by atoms with Gasteiger partial charge in [-0.3, -0.25) is 9.59 Å². The van der Waals surface area contributed by atoms with Crippen LogP contribution in [0.2, 0.25) is 10.0 Å². The van der Waals surface area contributed by atoms with Crippen LogP contribution < -0.4 is 5.73 Å². The van der Waals surface area contributed by atoms with Crippen molar-refractivity contribution in [1.29, 1.82) is 0 Å². The first-order valence-electron chi connectivity index (χ1n) is 5.85. The number of hydrogen-bond acceptors (Lipinski definition) is 4. The molecule has 110 valence electrons. The molecule has 21 heavy (non-hydrogen) atoms. The Morgan fingerprint density at radius 2 is 2.10 bits per heavy atom. The lowest BCUT2D eigenvalue weighted by molar-refractivity contribution is -0.153. The van der Waals surface area contributed by atoms with E-state index in [4.69, 9.17) is 33.7 Å². The van der Waals surface area contributed by atoms with E-state index in [0.717, 1.165) is 0 Å². The van der Waals surface area contributed by atoms with Crippen LogP contribution in [0.4, 0.5) is 0 Å². The molecular weight excluding hydrogens is 317 g/mol. The summed E-state index contributed by atoms with van der Waals surface area (Å²) in [7, 11) is 0. The predicted molar refractivity (Wildman–Crippen MR) is 77.3 cm³/mol. The molecular formula is C13H11Cl2N3O3. The van der Waals surface area contributed by atoms with E-state index in [1.807, 2.05) is 0 Å². The first kappa shape index (κ1) is 15.3. The van der Waals surface area contributed by atoms with E-state index in [0.29, 0.717) is 21.3 Å². The Kier molecular flexibility index (Phi) is 4.50. The molecule has 1 unspecified atom stereocenters. The molecule has 1 amide bonds. The highest BCUT2D eigenvalue weighted by Gasteiger charge is 2.23. The van der Waals surface area contributed by atoms with Crippen molar-refractivity contribution < 1.29 is 14.3 Å². The van der Waals surface area contributed by atoms with Gasteiger partial charge in [0.15, 0.2) is 0 Å². The molecule has 0 radical (unpaired) electrons. The largest absolute Gasteiger partial charge is 0.447 e. The second-order valence-electron chi connectivity index (χ2n) is 4.21. The lowest BCUT2D eigenvalue weighted by atomic mass is 10.2. The van der Waals surface area contributed by atoms with E-state index >= 15 is 0 Å². The van der Waals surface area contributed by atoms with Crippen LogP contribution in [0.5, 0.6) is 0 Å². The Morgan fingerprint density at radius 1 is 1.38 bits per heavy atom. The van der Waals surface area contributed by atoms with E-state index in [9.17, 15) is 9.59 Å². The summed E-state index contributed by atoms with van der Waals surface area (Å²) in [5.74, 6) is -1.40. The molecule has 2 rings (SSSR count). The number of benzene rings is 1. The SMILES string of the molecule is CC(=O)OC(C(N)=O)c1cnn(-c2ccc(Cl)cc2Cl)c1. The molecule has 0 aliphatic rings. The van der Waals surface area contributed by atoms with Crippen molar-refractivity contribution in [3.63, 3.8) is 0 Å². The number of rotatable bonds is 4. The number of amides is 1. The number of nitrogens with zero attached hydrogens (tertiary/aromatic N) is 2. The van der Waals surface area contributed by atoms with E-state index in [1.165, 1.54) is 24.0 Å². The average Bonchev–Trinajstić information content (AvgIpc) is 2.84. The fraction of sp³-hybridized carbons (Fsp3) is 0.154. The van der Waals surface area contributed by atoms with Crippen LogP contribution in [0.1, 0.15) is 18.6 Å². The normalized spacial score (nSPS) is 12.0. The van der Waals surface area contributed by atoms with Crippen LogP contribution in [0, 0.1) is 0 Å². The number of nitrogens with two attached hydrogens (primary N) is 1. The first-order chi connectivity index (χ1) is 9.88. The van der Waals surface area contributed by atoms with Gasteiger partial charge in [0.25, 0.3) is 5.91 Å². The average molecular weight is 328 g/mol. The molecule has 0 saturated carbocycles. The van der Waals surface area contributed by atoms with Gasteiger partial charge in [0.05, 0.1) is 16.9 Å². The fourth-order valence-electron chi connectivity index (χ4n) is 1.73. The maximum absolute atomic E-state index is 11.4. The standard InChI is InChI=1S/C13H11Cl2N3O3/c1-7(19)21-12(13(16)20)8-5-17-18(6-8)11-3-2-9(14)4-10(11)15/h2-6,12H,1H3,(H2,16,20). The zero-order chi connectivity index (χ0) is 15.6. The second-order valence-corrected chi connectivity index (χ2v) is 5.05. The number of esters is 1. The van der Waals surface area contributed by atoms with Crippen molar-refractivity contribution in [2.24, 2.45) is 5.73 Å². The van der Waals surface area contributed by atoms with Gasteiger partial charge in [0, 0.05) is 23.7 Å². The highest BCUT2D eigenvalue weighted by Crippen LogP contribution is 2.25. The molecule has 0 aliphatic heterocycles. The summed E-state index contributed by atoms with van der Waals surface area (Å²) in [6.07, 6.45) is 1.69. The molecule has 0 saturated heterocycles. The monoisotopic (exact) mass is 327 g/mol. The van der Waals surface area contributed by atoms with Gasteiger partial charge in [0.1, 0.15) is 0 Å². The first-order valence-corrected chi connectivity index (χ1v) is 6.60. The zero-order valence-electron chi connectivity index (χ0n) is 10.9. The number of halogens is 2. The van der Waals surface area contributed by atoms with Gasteiger partial charge in [-0.25, -0.2) is 4.68 Å². The molecule has 0 bridgehead atoms. The van der Waals surface area contributed by atoms with Crippen LogP contribution in [-0.2, 0) is 14.3 Å². The summed E-state index contributed by atoms with van der Waals surface area (Å²) in [5.41, 5.74) is 6.14. The van der Waals surface area contributed by atoms with E-state index in [-0.39, 0.29) is 0 Å². The minimum atomic E-state index is -1.19. The fourth-order valence-corrected chi connectivity index (χ4v) is 2.22. The van der Waals surface area contributed by atoms with Crippen molar-refractivity contribution in [3.05, 3.63) is 46.2 Å². The highest BCUT2D eigenvalue weighted by atomic mass is 35.5. The zero-order valence-corrected chi connectivity index (χ0v) is 12.4. The van der Waals surface area contributed by atoms with Crippen molar-refractivity contribution >= 4 is 35.1 Å². The Morgan fingerprint density at radius 3 is 2.67 bits per heavy atom. The van der Waals surface area contributed by atoms with Crippen LogP contribution in [0.3, 0.4) is 0 Å². The smallest absolute Gasteiger partial charge is 0.303 e. The molecule has 1 aromatic heterocycles. The second kappa shape index (κ2) is 6.15. The van der Waals surface area contributed by atoms with E-state index < -0.39 is 18.0 Å². The molecule has 1 atom stereocenters. The molecule has 6 nitrogen and oxygen atoms in total. The summed E-state index contributed by atoms with van der Waals surface area (Å²) in [6.45, 7) is 1.19. The summed E-state index contributed by atoms with van der Waals surface area (Å²) >= 11 is 11.9. The predicted octanol–water partition coefficient (Wildman–Crippen LogP) is 2.27. The van der Waals surface area contributed by atoms with Crippen molar-refractivity contribution in [3.8, 4) is 5.69 Å². The third kappa shape index (κ3) is 3.53. The van der Waals surface area contributed by atoms with Gasteiger partial charge in [-0.1, -0.05) is 23.2 Å². The summed E-state index contributed by atoms with van der Waals surface area (Å²) in [5, 5.41) is 4.96. The minimum absolute atomic E-state index is 0.351. The van der Waals surface area contributed by atoms with Gasteiger partial charge in [-0.05, 0) is 18.2 Å². The third-order valence-electron chi connectivity index (χ3n) is 2.60. The van der Waals surface area contributed by atoms with Crippen LogP contribution >= 0.6 is 23.2 Å². The van der Waals surface area contributed by atoms with Crippen molar-refractivity contribution in [1.82, 2.24) is 9.78 Å². The van der Waals surface area contributed by atoms with Crippen LogP contribution in [0.15, 0.2) is 30.6 Å². The Balaban J connectivity index is 2.36. The Hall–Kier alpha value is -2.05. The molecule has 2 N–H and O–H groups in total. The van der Waals surface area contributed by atoms with Crippen LogP contribution in [0.25, 0.3) is 5.69 Å². The number of ether oxygens (including phenoxy) is 1. The molecule has 2 aromatic rings. The summed E-state index contributed by atoms with van der Waals surface area (Å²) in [4.78, 5) is 22.4. The molecule has 0 aliphatic carbocycles. The van der Waals surface area contributed by atoms with Gasteiger partial charge >= 0.3 is 5.97 Å². The minimum Gasteiger partial charge on any atom is -0.447 e. The summed E-state index contributed by atoms with van der Waals surface area (Å²) < 4.78 is 6.31. The third-order valence-corrected chi connectivity index (χ3v) is 3.14. The van der Waals surface area contributed by atoms with Crippen molar-refractivity contribution in [2.45, 2.75) is 13.0 Å². The van der Waals surface area contributed by atoms with E-state index in [1.54, 1.807) is 18.2 Å². The Bertz CT molecular complexity index is 700. The maximum atomic E-state index is 11.4. The quantitative estimate of drug-likeness (QED) is 0.872. The molecule has 0 fully saturated rings. The van der Waals surface area contributed by atoms with Crippen LogP contribution in [-0.4, -0.2) is 21.7 Å². The number of carbonyl (C=O) groups excluding carboxylic acids is 2. The van der Waals surface area contributed by atoms with Gasteiger partial charge in [0.2, 0.25) is 6.10 Å². The highest BCUT2D eigenvalue weighted by molar-refractivity contribution is 6.35. The van der Waals surface area contributed by atoms with Crippen molar-refractivity contribution in [2.75, 3.05) is 0 Å². The Labute approximate surface area is 130 Å². The maximum Gasteiger partial charge on any atom is 0.303 e. The molecule has 0 spiro atoms. The van der Waals surface area contributed by atoms with Gasteiger partial charge in [-0.2, -0.15) is 5.10 Å². The lowest BCUT2D eigenvalue weighted by Gasteiger charge is -2.11. The number of aromatic nitrogens is 2. The lowest BCUT2D eigenvalue weighted by Crippen LogP contribution is -2.25. The molecule has 8 heteroatoms. The summed E-state index contributed by atoms with van der Waals surface area (Å²) in [6, 6.07) is 4.89. The molecule has 1 aromatic carbocycles. The molecule has 1 heterocycles. The number of primary amides is 1. The van der Waals surface area contributed by atoms with Gasteiger partial charge in [-0.15, -0.1) is 0 Å². The number of carbonyl (C=O) groups is 2. The number of hydrogen-bond donors (Lipinski definition) is 1.